The van der Waals surface area contributed by atoms with Crippen molar-refractivity contribution in [2.24, 2.45) is 0 Å². The first kappa shape index (κ1) is 15.4. The molecule has 1 amide bonds. The summed E-state index contributed by atoms with van der Waals surface area (Å²) in [5.74, 6) is -0.322. The molecule has 1 aromatic carbocycles. The molecule has 0 aromatic heterocycles. The Morgan fingerprint density at radius 2 is 1.85 bits per heavy atom. The first-order chi connectivity index (χ1) is 9.38. The third-order valence-electron chi connectivity index (χ3n) is 3.48. The van der Waals surface area contributed by atoms with E-state index in [0.717, 1.165) is 37.8 Å². The molecule has 2 nitrogen and oxygen atoms in total. The number of benzene rings is 1. The zero-order valence-corrected chi connectivity index (χ0v) is 12.4. The number of hydrogen-bond acceptors (Lipinski definition) is 1. The van der Waals surface area contributed by atoms with Crippen molar-refractivity contribution in [3.63, 3.8) is 0 Å². The lowest BCUT2D eigenvalue weighted by molar-refractivity contribution is -0.137. The number of rotatable bonds is 2. The summed E-state index contributed by atoms with van der Waals surface area (Å²) >= 11 is 3.04. The number of nitrogens with one attached hydrogen (secondary N) is 1. The Morgan fingerprint density at radius 1 is 1.20 bits per heavy atom. The molecule has 1 aliphatic rings. The van der Waals surface area contributed by atoms with Gasteiger partial charge in [0, 0.05) is 10.5 Å². The average molecular weight is 350 g/mol. The molecule has 110 valence electrons. The minimum absolute atomic E-state index is 0.130. The molecule has 1 fully saturated rings. The largest absolute Gasteiger partial charge is 0.416 e. The number of hydrogen-bond donors (Lipinski definition) is 1. The van der Waals surface area contributed by atoms with E-state index in [-0.39, 0.29) is 22.0 Å². The Morgan fingerprint density at radius 3 is 2.40 bits per heavy atom. The van der Waals surface area contributed by atoms with E-state index in [1.54, 1.807) is 0 Å². The Hall–Kier alpha value is -1.04. The SMILES string of the molecule is O=C(NC1CCCCC1)c1ccc(C(F)(F)F)cc1Br. The first-order valence-electron chi connectivity index (χ1n) is 6.55. The molecule has 0 bridgehead atoms. The molecule has 20 heavy (non-hydrogen) atoms. The smallest absolute Gasteiger partial charge is 0.349 e. The van der Waals surface area contributed by atoms with Crippen LogP contribution in [0.15, 0.2) is 22.7 Å². The van der Waals surface area contributed by atoms with Gasteiger partial charge < -0.3 is 5.32 Å². The molecule has 1 saturated carbocycles. The van der Waals surface area contributed by atoms with Gasteiger partial charge in [-0.25, -0.2) is 0 Å². The fraction of sp³-hybridized carbons (Fsp3) is 0.500. The summed E-state index contributed by atoms with van der Waals surface area (Å²) in [7, 11) is 0. The van der Waals surface area contributed by atoms with Crippen LogP contribution in [0.4, 0.5) is 13.2 Å². The van der Waals surface area contributed by atoms with Gasteiger partial charge in [0.2, 0.25) is 0 Å². The van der Waals surface area contributed by atoms with Crippen molar-refractivity contribution in [2.45, 2.75) is 44.3 Å². The van der Waals surface area contributed by atoms with Crippen LogP contribution in [-0.4, -0.2) is 11.9 Å². The van der Waals surface area contributed by atoms with E-state index in [1.807, 2.05) is 0 Å². The molecule has 2 rings (SSSR count). The summed E-state index contributed by atoms with van der Waals surface area (Å²) in [5, 5.41) is 2.88. The lowest BCUT2D eigenvalue weighted by Gasteiger charge is -2.23. The standard InChI is InChI=1S/C14H15BrF3NO/c15-12-8-9(14(16,17)18)6-7-11(12)13(20)19-10-4-2-1-3-5-10/h6-8,10H,1-5H2,(H,19,20). The molecule has 1 aromatic rings. The Labute approximate surface area is 123 Å². The molecule has 6 heteroatoms. The Bertz CT molecular complexity index is 496. The zero-order valence-electron chi connectivity index (χ0n) is 10.8. The second-order valence-corrected chi connectivity index (χ2v) is 5.86. The lowest BCUT2D eigenvalue weighted by Crippen LogP contribution is -2.36. The zero-order chi connectivity index (χ0) is 14.8. The summed E-state index contributed by atoms with van der Waals surface area (Å²) in [5.41, 5.74) is -0.526. The third-order valence-corrected chi connectivity index (χ3v) is 4.14. The third kappa shape index (κ3) is 3.75. The molecule has 0 radical (unpaired) electrons. The van der Waals surface area contributed by atoms with Crippen molar-refractivity contribution < 1.29 is 18.0 Å². The van der Waals surface area contributed by atoms with E-state index < -0.39 is 11.7 Å². The average Bonchev–Trinajstić information content (AvgIpc) is 2.38. The van der Waals surface area contributed by atoms with Crippen molar-refractivity contribution in [1.29, 1.82) is 0 Å². The fourth-order valence-electron chi connectivity index (χ4n) is 2.39. The van der Waals surface area contributed by atoms with Gasteiger partial charge in [0.25, 0.3) is 5.91 Å². The summed E-state index contributed by atoms with van der Waals surface area (Å²) in [6.45, 7) is 0. The van der Waals surface area contributed by atoms with Gasteiger partial charge in [-0.3, -0.25) is 4.79 Å². The highest BCUT2D eigenvalue weighted by Crippen LogP contribution is 2.32. The van der Waals surface area contributed by atoms with Gasteiger partial charge in [0.05, 0.1) is 11.1 Å². The van der Waals surface area contributed by atoms with Crippen molar-refractivity contribution in [3.8, 4) is 0 Å². The van der Waals surface area contributed by atoms with Crippen LogP contribution in [-0.2, 0) is 6.18 Å². The van der Waals surface area contributed by atoms with Gasteiger partial charge >= 0.3 is 6.18 Å². The first-order valence-corrected chi connectivity index (χ1v) is 7.35. The fourth-order valence-corrected chi connectivity index (χ4v) is 2.94. The van der Waals surface area contributed by atoms with Crippen LogP contribution in [0.1, 0.15) is 48.0 Å². The molecule has 1 N–H and O–H groups in total. The topological polar surface area (TPSA) is 29.1 Å². The second-order valence-electron chi connectivity index (χ2n) is 5.00. The summed E-state index contributed by atoms with van der Waals surface area (Å²) in [4.78, 5) is 12.1. The minimum atomic E-state index is -4.40. The van der Waals surface area contributed by atoms with Crippen LogP contribution in [0.2, 0.25) is 0 Å². The van der Waals surface area contributed by atoms with Gasteiger partial charge in [-0.05, 0) is 47.0 Å². The van der Waals surface area contributed by atoms with Gasteiger partial charge in [-0.2, -0.15) is 13.2 Å². The molecule has 0 saturated heterocycles. The number of carbonyl (C=O) groups is 1. The highest BCUT2D eigenvalue weighted by Gasteiger charge is 2.31. The molecule has 0 atom stereocenters. The van der Waals surface area contributed by atoms with Gasteiger partial charge in [-0.15, -0.1) is 0 Å². The molecule has 1 aliphatic carbocycles. The quantitative estimate of drug-likeness (QED) is 0.834. The van der Waals surface area contributed by atoms with E-state index in [1.165, 1.54) is 12.5 Å². The number of amides is 1. The predicted molar refractivity (Wildman–Crippen MR) is 73.5 cm³/mol. The van der Waals surface area contributed by atoms with E-state index in [0.29, 0.717) is 0 Å². The highest BCUT2D eigenvalue weighted by molar-refractivity contribution is 9.10. The molecular formula is C14H15BrF3NO. The van der Waals surface area contributed by atoms with Gasteiger partial charge in [0.1, 0.15) is 0 Å². The predicted octanol–water partition coefficient (Wildman–Crippen LogP) is 4.53. The Balaban J connectivity index is 2.10. The van der Waals surface area contributed by atoms with Crippen LogP contribution in [0, 0.1) is 0 Å². The molecular weight excluding hydrogens is 335 g/mol. The maximum absolute atomic E-state index is 12.6. The maximum Gasteiger partial charge on any atom is 0.416 e. The van der Waals surface area contributed by atoms with Crippen LogP contribution in [0.3, 0.4) is 0 Å². The van der Waals surface area contributed by atoms with Crippen molar-refractivity contribution in [2.75, 3.05) is 0 Å². The van der Waals surface area contributed by atoms with Crippen LogP contribution in [0.5, 0.6) is 0 Å². The second kappa shape index (κ2) is 6.16. The number of carbonyl (C=O) groups excluding carboxylic acids is 1. The summed E-state index contributed by atoms with van der Waals surface area (Å²) in [6.07, 6.45) is 0.809. The molecule has 0 heterocycles. The van der Waals surface area contributed by atoms with Gasteiger partial charge in [0.15, 0.2) is 0 Å². The summed E-state index contributed by atoms with van der Waals surface area (Å²) < 4.78 is 37.8. The van der Waals surface area contributed by atoms with E-state index >= 15 is 0 Å². The van der Waals surface area contributed by atoms with E-state index in [2.05, 4.69) is 21.2 Å². The minimum Gasteiger partial charge on any atom is -0.349 e. The summed E-state index contributed by atoms with van der Waals surface area (Å²) in [6, 6.07) is 3.21. The Kier molecular flexibility index (Phi) is 4.73. The van der Waals surface area contributed by atoms with Crippen LogP contribution < -0.4 is 5.32 Å². The monoisotopic (exact) mass is 349 g/mol. The number of alkyl halides is 3. The van der Waals surface area contributed by atoms with E-state index in [4.69, 9.17) is 0 Å². The van der Waals surface area contributed by atoms with E-state index in [9.17, 15) is 18.0 Å². The normalized spacial score (nSPS) is 17.0. The van der Waals surface area contributed by atoms with Crippen molar-refractivity contribution in [1.82, 2.24) is 5.32 Å². The molecule has 0 aliphatic heterocycles. The van der Waals surface area contributed by atoms with Crippen LogP contribution in [0.25, 0.3) is 0 Å². The van der Waals surface area contributed by atoms with Crippen molar-refractivity contribution in [3.05, 3.63) is 33.8 Å². The van der Waals surface area contributed by atoms with Crippen LogP contribution >= 0.6 is 15.9 Å². The highest BCUT2D eigenvalue weighted by atomic mass is 79.9. The number of halogens is 4. The molecule has 0 spiro atoms. The van der Waals surface area contributed by atoms with Gasteiger partial charge in [-0.1, -0.05) is 19.3 Å². The maximum atomic E-state index is 12.6. The van der Waals surface area contributed by atoms with Crippen molar-refractivity contribution >= 4 is 21.8 Å². The molecule has 0 unspecified atom stereocenters. The lowest BCUT2D eigenvalue weighted by atomic mass is 9.95.